The van der Waals surface area contributed by atoms with E-state index in [1.807, 2.05) is 42.3 Å². The Hall–Kier alpha value is -2.60. The lowest BCUT2D eigenvalue weighted by atomic mass is 10.1. The Labute approximate surface area is 147 Å². The van der Waals surface area contributed by atoms with E-state index in [9.17, 15) is 4.79 Å². The van der Waals surface area contributed by atoms with Crippen LogP contribution in [0.5, 0.6) is 0 Å². The number of carbonyl (C=O) groups is 1. The van der Waals surface area contributed by atoms with Crippen molar-refractivity contribution in [3.05, 3.63) is 54.0 Å². The minimum atomic E-state index is 0.0170. The number of rotatable bonds is 8. The van der Waals surface area contributed by atoms with Crippen LogP contribution in [0.3, 0.4) is 0 Å². The number of benzene rings is 1. The van der Waals surface area contributed by atoms with Gasteiger partial charge in [0.05, 0.1) is 19.3 Å². The van der Waals surface area contributed by atoms with E-state index in [1.165, 1.54) is 10.9 Å². The van der Waals surface area contributed by atoms with E-state index in [0.29, 0.717) is 13.1 Å². The first-order chi connectivity index (χ1) is 12.1. The summed E-state index contributed by atoms with van der Waals surface area (Å²) in [5, 5.41) is 11.7. The van der Waals surface area contributed by atoms with E-state index < -0.39 is 0 Å². The Kier molecular flexibility index (Phi) is 5.50. The van der Waals surface area contributed by atoms with Crippen LogP contribution in [0.2, 0.25) is 0 Å². The molecule has 0 unspecified atom stereocenters. The third kappa shape index (κ3) is 4.70. The summed E-state index contributed by atoms with van der Waals surface area (Å²) >= 11 is 0. The topological polar surface area (TPSA) is 74.7 Å². The van der Waals surface area contributed by atoms with Crippen LogP contribution in [-0.2, 0) is 17.8 Å². The molecule has 0 fully saturated rings. The molecule has 1 aromatic carbocycles. The van der Waals surface area contributed by atoms with Crippen molar-refractivity contribution in [2.75, 3.05) is 13.1 Å². The van der Waals surface area contributed by atoms with Gasteiger partial charge < -0.3 is 15.6 Å². The third-order valence-corrected chi connectivity index (χ3v) is 4.23. The van der Waals surface area contributed by atoms with Crippen LogP contribution >= 0.6 is 0 Å². The number of aromatic nitrogens is 3. The molecule has 3 aromatic rings. The highest BCUT2D eigenvalue weighted by atomic mass is 16.1. The van der Waals surface area contributed by atoms with Gasteiger partial charge in [-0.1, -0.05) is 18.2 Å². The van der Waals surface area contributed by atoms with Gasteiger partial charge in [0, 0.05) is 35.9 Å². The molecule has 1 amide bonds. The molecule has 2 aromatic heterocycles. The molecule has 6 heteroatoms. The van der Waals surface area contributed by atoms with Crippen LogP contribution in [0.4, 0.5) is 0 Å². The second kappa shape index (κ2) is 7.98. The van der Waals surface area contributed by atoms with Crippen molar-refractivity contribution in [1.82, 2.24) is 25.4 Å². The molecule has 3 N–H and O–H groups in total. The number of hydrogen-bond donors (Lipinski definition) is 3. The van der Waals surface area contributed by atoms with Crippen molar-refractivity contribution in [2.45, 2.75) is 32.9 Å². The fourth-order valence-corrected chi connectivity index (χ4v) is 2.92. The smallest absolute Gasteiger partial charge is 0.233 e. The molecule has 3 rings (SSSR count). The van der Waals surface area contributed by atoms with E-state index in [-0.39, 0.29) is 11.9 Å². The highest BCUT2D eigenvalue weighted by molar-refractivity contribution is 5.83. The number of aryl methyl sites for hydroxylation is 1. The molecular weight excluding hydrogens is 314 g/mol. The molecule has 0 bridgehead atoms. The van der Waals surface area contributed by atoms with Crippen molar-refractivity contribution >= 4 is 16.8 Å². The summed E-state index contributed by atoms with van der Waals surface area (Å²) in [4.78, 5) is 15.3. The van der Waals surface area contributed by atoms with Gasteiger partial charge in [-0.15, -0.1) is 0 Å². The highest BCUT2D eigenvalue weighted by Crippen LogP contribution is 2.17. The molecule has 0 spiro atoms. The van der Waals surface area contributed by atoms with Crippen LogP contribution in [0.1, 0.15) is 18.1 Å². The maximum Gasteiger partial charge on any atom is 0.233 e. The maximum atomic E-state index is 12.0. The molecule has 25 heavy (non-hydrogen) atoms. The summed E-state index contributed by atoms with van der Waals surface area (Å²) in [7, 11) is 0. The van der Waals surface area contributed by atoms with Crippen LogP contribution in [0.25, 0.3) is 10.9 Å². The third-order valence-electron chi connectivity index (χ3n) is 4.23. The number of carbonyl (C=O) groups excluding carboxylic acids is 1. The molecule has 0 radical (unpaired) electrons. The summed E-state index contributed by atoms with van der Waals surface area (Å²) in [5.41, 5.74) is 3.50. The number of fused-ring (bicyclic) bond motifs is 1. The van der Waals surface area contributed by atoms with Crippen molar-refractivity contribution in [3.8, 4) is 0 Å². The Morgan fingerprint density at radius 3 is 3.00 bits per heavy atom. The van der Waals surface area contributed by atoms with Crippen molar-refractivity contribution in [1.29, 1.82) is 0 Å². The van der Waals surface area contributed by atoms with Crippen LogP contribution < -0.4 is 10.6 Å². The molecule has 0 aliphatic carbocycles. The molecule has 132 valence electrons. The molecule has 0 aliphatic rings. The lowest BCUT2D eigenvalue weighted by Crippen LogP contribution is -2.40. The number of nitrogens with one attached hydrogen (secondary N) is 3. The zero-order valence-electron chi connectivity index (χ0n) is 14.7. The maximum absolute atomic E-state index is 12.0. The van der Waals surface area contributed by atoms with Gasteiger partial charge in [0.2, 0.25) is 5.91 Å². The molecule has 2 heterocycles. The van der Waals surface area contributed by atoms with Crippen LogP contribution in [0, 0.1) is 6.92 Å². The van der Waals surface area contributed by atoms with Crippen molar-refractivity contribution in [2.24, 2.45) is 0 Å². The van der Waals surface area contributed by atoms with Gasteiger partial charge in [0.25, 0.3) is 0 Å². The van der Waals surface area contributed by atoms with Gasteiger partial charge in [0.15, 0.2) is 0 Å². The van der Waals surface area contributed by atoms with E-state index in [4.69, 9.17) is 0 Å². The Morgan fingerprint density at radius 1 is 1.36 bits per heavy atom. The van der Waals surface area contributed by atoms with E-state index >= 15 is 0 Å². The summed E-state index contributed by atoms with van der Waals surface area (Å²) in [6.07, 6.45) is 6.67. The second-order valence-electron chi connectivity index (χ2n) is 6.48. The number of amides is 1. The molecule has 0 saturated heterocycles. The van der Waals surface area contributed by atoms with E-state index in [0.717, 1.165) is 24.0 Å². The quantitative estimate of drug-likeness (QED) is 0.588. The lowest BCUT2D eigenvalue weighted by molar-refractivity contribution is -0.120. The Bertz CT molecular complexity index is 835. The minimum Gasteiger partial charge on any atom is -0.361 e. The Balaban J connectivity index is 1.38. The van der Waals surface area contributed by atoms with Gasteiger partial charge in [0.1, 0.15) is 0 Å². The van der Waals surface area contributed by atoms with Gasteiger partial charge in [-0.25, -0.2) is 0 Å². The van der Waals surface area contributed by atoms with Crippen molar-refractivity contribution in [3.63, 3.8) is 0 Å². The first-order valence-electron chi connectivity index (χ1n) is 8.66. The predicted octanol–water partition coefficient (Wildman–Crippen LogP) is 2.01. The summed E-state index contributed by atoms with van der Waals surface area (Å²) in [6.45, 7) is 5.76. The Morgan fingerprint density at radius 2 is 2.20 bits per heavy atom. The molecule has 1 atom stereocenters. The molecule has 0 aliphatic heterocycles. The van der Waals surface area contributed by atoms with Gasteiger partial charge in [-0.2, -0.15) is 5.10 Å². The first kappa shape index (κ1) is 17.2. The number of H-pyrrole nitrogens is 1. The number of hydrogen-bond acceptors (Lipinski definition) is 3. The fraction of sp³-hybridized carbons (Fsp3) is 0.368. The van der Waals surface area contributed by atoms with E-state index in [2.05, 4.69) is 39.8 Å². The fourth-order valence-electron chi connectivity index (χ4n) is 2.92. The lowest BCUT2D eigenvalue weighted by Gasteiger charge is -2.13. The molecule has 0 saturated carbocycles. The van der Waals surface area contributed by atoms with Gasteiger partial charge in [-0.05, 0) is 37.5 Å². The molecule has 6 nitrogen and oxygen atoms in total. The SMILES string of the molecule is Cc1cnn(C[C@@H](C)NCC(=O)NCCc2c[nH]c3ccccc23)c1. The van der Waals surface area contributed by atoms with E-state index in [1.54, 1.807) is 0 Å². The average Bonchev–Trinajstić information content (AvgIpc) is 3.19. The van der Waals surface area contributed by atoms with Crippen LogP contribution in [0.15, 0.2) is 42.9 Å². The predicted molar refractivity (Wildman–Crippen MR) is 99.4 cm³/mol. The summed E-state index contributed by atoms with van der Waals surface area (Å²) in [5.74, 6) is 0.0170. The van der Waals surface area contributed by atoms with Gasteiger partial charge in [-0.3, -0.25) is 9.48 Å². The average molecular weight is 339 g/mol. The standard InChI is InChI=1S/C19H25N5O/c1-14-9-23-24(12-14)13-15(2)21-11-19(25)20-8-7-16-10-22-18-6-4-3-5-17(16)18/h3-6,9-10,12,15,21-22H,7-8,11,13H2,1-2H3,(H,20,25)/t15-/m1/s1. The number of aromatic amines is 1. The monoisotopic (exact) mass is 339 g/mol. The first-order valence-corrected chi connectivity index (χ1v) is 8.66. The highest BCUT2D eigenvalue weighted by Gasteiger charge is 2.08. The summed E-state index contributed by atoms with van der Waals surface area (Å²) in [6, 6.07) is 8.39. The molecular formula is C19H25N5O. The van der Waals surface area contributed by atoms with Crippen molar-refractivity contribution < 1.29 is 4.79 Å². The number of para-hydroxylation sites is 1. The second-order valence-corrected chi connectivity index (χ2v) is 6.48. The normalized spacial score (nSPS) is 12.4. The van der Waals surface area contributed by atoms with Crippen LogP contribution in [-0.4, -0.2) is 39.8 Å². The van der Waals surface area contributed by atoms with Gasteiger partial charge >= 0.3 is 0 Å². The largest absolute Gasteiger partial charge is 0.361 e. The minimum absolute atomic E-state index is 0.0170. The number of nitrogens with zero attached hydrogens (tertiary/aromatic N) is 2. The summed E-state index contributed by atoms with van der Waals surface area (Å²) < 4.78 is 1.89. The zero-order valence-corrected chi connectivity index (χ0v) is 14.7. The zero-order chi connectivity index (χ0) is 17.6.